The first-order valence-electron chi connectivity index (χ1n) is 6.00. The highest BCUT2D eigenvalue weighted by molar-refractivity contribution is 9.11. The molecule has 0 saturated heterocycles. The Labute approximate surface area is 119 Å². The summed E-state index contributed by atoms with van der Waals surface area (Å²) in [6.07, 6.45) is 2.18. The quantitative estimate of drug-likeness (QED) is 0.910. The van der Waals surface area contributed by atoms with Crippen LogP contribution in [0.3, 0.4) is 0 Å². The molecule has 1 unspecified atom stereocenters. The number of ether oxygens (including phenoxy) is 1. The Kier molecular flexibility index (Phi) is 3.41. The topological polar surface area (TPSA) is 35.2 Å². The van der Waals surface area contributed by atoms with E-state index in [0.717, 1.165) is 34.5 Å². The minimum Gasteiger partial charge on any atom is -0.493 e. The lowest BCUT2D eigenvalue weighted by Crippen LogP contribution is -2.13. The number of benzene rings is 1. The molecule has 3 rings (SSSR count). The number of nitrogens with two attached hydrogens (primary N) is 1. The zero-order valence-electron chi connectivity index (χ0n) is 9.86. The number of halogens is 1. The molecule has 0 radical (unpaired) electrons. The summed E-state index contributed by atoms with van der Waals surface area (Å²) in [7, 11) is 0. The molecule has 0 saturated carbocycles. The van der Waals surface area contributed by atoms with Gasteiger partial charge in [-0.3, -0.25) is 0 Å². The Morgan fingerprint density at radius 1 is 1.28 bits per heavy atom. The van der Waals surface area contributed by atoms with Gasteiger partial charge in [-0.05, 0) is 58.1 Å². The van der Waals surface area contributed by atoms with Gasteiger partial charge >= 0.3 is 0 Å². The smallest absolute Gasteiger partial charge is 0.122 e. The van der Waals surface area contributed by atoms with Crippen LogP contribution in [0, 0.1) is 0 Å². The second-order valence-corrected chi connectivity index (χ2v) is 6.93. The fraction of sp³-hybridized carbons (Fsp3) is 0.286. The summed E-state index contributed by atoms with van der Waals surface area (Å²) in [4.78, 5) is 1.18. The van der Waals surface area contributed by atoms with Crippen molar-refractivity contribution >= 4 is 27.3 Å². The van der Waals surface area contributed by atoms with Gasteiger partial charge in [-0.1, -0.05) is 12.1 Å². The van der Waals surface area contributed by atoms with Crippen LogP contribution in [0.2, 0.25) is 0 Å². The van der Waals surface area contributed by atoms with E-state index in [0.29, 0.717) is 0 Å². The Balaban J connectivity index is 1.92. The first-order chi connectivity index (χ1) is 8.74. The lowest BCUT2D eigenvalue weighted by molar-refractivity contribution is 0.288. The second kappa shape index (κ2) is 5.03. The molecule has 0 amide bonds. The Morgan fingerprint density at radius 2 is 2.17 bits per heavy atom. The molecule has 0 aliphatic carbocycles. The van der Waals surface area contributed by atoms with Crippen molar-refractivity contribution in [2.24, 2.45) is 5.73 Å². The van der Waals surface area contributed by atoms with E-state index in [1.807, 2.05) is 12.1 Å². The molecule has 2 heterocycles. The normalized spacial score (nSPS) is 15.9. The maximum atomic E-state index is 6.31. The third-order valence-electron chi connectivity index (χ3n) is 3.19. The first kappa shape index (κ1) is 12.2. The van der Waals surface area contributed by atoms with Gasteiger partial charge in [0, 0.05) is 4.88 Å². The predicted molar refractivity (Wildman–Crippen MR) is 78.3 cm³/mol. The van der Waals surface area contributed by atoms with E-state index in [1.165, 1.54) is 10.4 Å². The fourth-order valence-electron chi connectivity index (χ4n) is 2.23. The van der Waals surface area contributed by atoms with Gasteiger partial charge < -0.3 is 10.5 Å². The fourth-order valence-corrected chi connectivity index (χ4v) is 3.69. The molecule has 0 fully saturated rings. The molecular weight excluding hydrogens is 310 g/mol. The number of aryl methyl sites for hydroxylation is 1. The van der Waals surface area contributed by atoms with E-state index in [9.17, 15) is 0 Å². The van der Waals surface area contributed by atoms with Crippen LogP contribution in [0.4, 0.5) is 0 Å². The van der Waals surface area contributed by atoms with E-state index in [2.05, 4.69) is 34.1 Å². The maximum absolute atomic E-state index is 6.31. The number of thiophene rings is 1. The number of fused-ring (bicyclic) bond motifs is 1. The molecule has 94 valence electrons. The van der Waals surface area contributed by atoms with Crippen LogP contribution in [-0.2, 0) is 6.42 Å². The van der Waals surface area contributed by atoms with Gasteiger partial charge in [0.1, 0.15) is 5.75 Å². The van der Waals surface area contributed by atoms with Gasteiger partial charge in [0.15, 0.2) is 0 Å². The molecule has 1 aliphatic rings. The summed E-state index contributed by atoms with van der Waals surface area (Å²) in [5.74, 6) is 1.02. The minimum atomic E-state index is -0.0477. The highest BCUT2D eigenvalue weighted by Crippen LogP contribution is 2.33. The average Bonchev–Trinajstić information content (AvgIpc) is 2.84. The summed E-state index contributed by atoms with van der Waals surface area (Å²) in [5, 5.41) is 0. The molecule has 4 heteroatoms. The minimum absolute atomic E-state index is 0.0477. The lowest BCUT2D eigenvalue weighted by Gasteiger charge is -2.19. The number of rotatable bonds is 2. The summed E-state index contributed by atoms with van der Waals surface area (Å²) in [6.45, 7) is 0.830. The standard InChI is InChI=1S/C14H14BrNOS/c15-13-6-5-12(18-13)14(16)10-3-4-11-9(8-10)2-1-7-17-11/h3-6,8,14H,1-2,7,16H2. The van der Waals surface area contributed by atoms with Crippen molar-refractivity contribution in [2.45, 2.75) is 18.9 Å². The molecule has 18 heavy (non-hydrogen) atoms. The maximum Gasteiger partial charge on any atom is 0.122 e. The van der Waals surface area contributed by atoms with Crippen molar-refractivity contribution in [3.8, 4) is 5.75 Å². The molecule has 2 nitrogen and oxygen atoms in total. The van der Waals surface area contributed by atoms with E-state index in [-0.39, 0.29) is 6.04 Å². The number of hydrogen-bond donors (Lipinski definition) is 1. The van der Waals surface area contributed by atoms with Gasteiger partial charge in [-0.15, -0.1) is 11.3 Å². The zero-order valence-corrected chi connectivity index (χ0v) is 12.3. The molecule has 1 aromatic carbocycles. The molecule has 2 N–H and O–H groups in total. The van der Waals surface area contributed by atoms with Crippen LogP contribution in [0.25, 0.3) is 0 Å². The summed E-state index contributed by atoms with van der Waals surface area (Å²) >= 11 is 5.16. The zero-order chi connectivity index (χ0) is 12.5. The van der Waals surface area contributed by atoms with E-state index < -0.39 is 0 Å². The summed E-state index contributed by atoms with van der Waals surface area (Å²) in [5.41, 5.74) is 8.75. The van der Waals surface area contributed by atoms with Crippen LogP contribution in [-0.4, -0.2) is 6.61 Å². The van der Waals surface area contributed by atoms with Gasteiger partial charge in [0.2, 0.25) is 0 Å². The first-order valence-corrected chi connectivity index (χ1v) is 7.61. The van der Waals surface area contributed by atoms with Crippen molar-refractivity contribution in [3.05, 3.63) is 50.1 Å². The second-order valence-electron chi connectivity index (χ2n) is 4.44. The largest absolute Gasteiger partial charge is 0.493 e. The van der Waals surface area contributed by atoms with Crippen LogP contribution < -0.4 is 10.5 Å². The Bertz CT molecular complexity index is 567. The van der Waals surface area contributed by atoms with Crippen LogP contribution >= 0.6 is 27.3 Å². The van der Waals surface area contributed by atoms with Crippen LogP contribution in [0.1, 0.15) is 28.5 Å². The van der Waals surface area contributed by atoms with Crippen molar-refractivity contribution in [1.29, 1.82) is 0 Å². The summed E-state index contributed by atoms with van der Waals surface area (Å²) in [6, 6.07) is 10.4. The number of hydrogen-bond acceptors (Lipinski definition) is 3. The molecule has 1 atom stereocenters. The monoisotopic (exact) mass is 323 g/mol. The lowest BCUT2D eigenvalue weighted by atomic mass is 9.99. The van der Waals surface area contributed by atoms with Crippen molar-refractivity contribution < 1.29 is 4.74 Å². The van der Waals surface area contributed by atoms with E-state index >= 15 is 0 Å². The Hall–Kier alpha value is -0.840. The molecule has 0 spiro atoms. The highest BCUT2D eigenvalue weighted by Gasteiger charge is 2.15. The van der Waals surface area contributed by atoms with E-state index in [4.69, 9.17) is 10.5 Å². The van der Waals surface area contributed by atoms with Gasteiger partial charge in [-0.2, -0.15) is 0 Å². The van der Waals surface area contributed by atoms with Gasteiger partial charge in [0.05, 0.1) is 16.4 Å². The molecule has 2 aromatic rings. The molecular formula is C14H14BrNOS. The highest BCUT2D eigenvalue weighted by atomic mass is 79.9. The van der Waals surface area contributed by atoms with Crippen LogP contribution in [0.15, 0.2) is 34.1 Å². The Morgan fingerprint density at radius 3 is 2.94 bits per heavy atom. The third kappa shape index (κ3) is 2.32. The van der Waals surface area contributed by atoms with Gasteiger partial charge in [-0.25, -0.2) is 0 Å². The van der Waals surface area contributed by atoms with Crippen molar-refractivity contribution in [1.82, 2.24) is 0 Å². The summed E-state index contributed by atoms with van der Waals surface area (Å²) < 4.78 is 6.74. The van der Waals surface area contributed by atoms with Crippen molar-refractivity contribution in [2.75, 3.05) is 6.61 Å². The molecule has 0 bridgehead atoms. The third-order valence-corrected chi connectivity index (χ3v) is 4.90. The average molecular weight is 324 g/mol. The van der Waals surface area contributed by atoms with E-state index in [1.54, 1.807) is 11.3 Å². The molecule has 1 aliphatic heterocycles. The predicted octanol–water partition coefficient (Wildman–Crippen LogP) is 3.88. The SMILES string of the molecule is NC(c1ccc2c(c1)CCCO2)c1ccc(Br)s1. The van der Waals surface area contributed by atoms with Crippen LogP contribution in [0.5, 0.6) is 5.75 Å². The van der Waals surface area contributed by atoms with Crippen molar-refractivity contribution in [3.63, 3.8) is 0 Å². The molecule has 1 aromatic heterocycles. The van der Waals surface area contributed by atoms with Gasteiger partial charge in [0.25, 0.3) is 0 Å².